The Bertz CT molecular complexity index is 951. The van der Waals surface area contributed by atoms with Crippen LogP contribution in [0.5, 0.6) is 5.75 Å². The zero-order chi connectivity index (χ0) is 17.8. The predicted molar refractivity (Wildman–Crippen MR) is 97.5 cm³/mol. The molecule has 0 aliphatic rings. The van der Waals surface area contributed by atoms with Crippen molar-refractivity contribution in [2.75, 3.05) is 5.32 Å². The number of phenolic OH excluding ortho intramolecular Hbond substituents is 1. The molecule has 3 rings (SSSR count). The van der Waals surface area contributed by atoms with Gasteiger partial charge in [-0.15, -0.1) is 0 Å². The van der Waals surface area contributed by atoms with E-state index in [1.54, 1.807) is 24.3 Å². The van der Waals surface area contributed by atoms with E-state index in [1.165, 1.54) is 6.92 Å². The van der Waals surface area contributed by atoms with Gasteiger partial charge in [-0.25, -0.2) is 0 Å². The largest absolute Gasteiger partial charge is 0.506 e. The maximum absolute atomic E-state index is 12.5. The van der Waals surface area contributed by atoms with Gasteiger partial charge in [-0.1, -0.05) is 48.5 Å². The Kier molecular flexibility index (Phi) is 4.66. The molecule has 0 aromatic heterocycles. The number of hydrogen-bond donors (Lipinski definition) is 3. The first-order valence-corrected chi connectivity index (χ1v) is 7.90. The van der Waals surface area contributed by atoms with Crippen LogP contribution >= 0.6 is 0 Å². The Labute approximate surface area is 145 Å². The molecule has 0 unspecified atom stereocenters. The maximum atomic E-state index is 12.5. The van der Waals surface area contributed by atoms with Gasteiger partial charge in [-0.3, -0.25) is 9.59 Å². The highest BCUT2D eigenvalue weighted by Gasteiger charge is 2.14. The Morgan fingerprint density at radius 2 is 1.68 bits per heavy atom. The molecule has 0 bridgehead atoms. The second-order valence-corrected chi connectivity index (χ2v) is 5.70. The average molecular weight is 334 g/mol. The number of aromatic hydroxyl groups is 1. The Balaban J connectivity index is 1.80. The molecule has 0 aliphatic carbocycles. The molecule has 3 aromatic rings. The van der Waals surface area contributed by atoms with Gasteiger partial charge in [0.1, 0.15) is 5.75 Å². The van der Waals surface area contributed by atoms with Crippen LogP contribution in [0.25, 0.3) is 10.8 Å². The summed E-state index contributed by atoms with van der Waals surface area (Å²) in [6, 6.07) is 18.0. The van der Waals surface area contributed by atoms with Gasteiger partial charge in [0.05, 0.1) is 5.56 Å². The summed E-state index contributed by atoms with van der Waals surface area (Å²) in [5.74, 6) is -0.586. The maximum Gasteiger partial charge on any atom is 0.255 e. The summed E-state index contributed by atoms with van der Waals surface area (Å²) >= 11 is 0. The molecule has 0 fully saturated rings. The van der Waals surface area contributed by atoms with E-state index in [0.29, 0.717) is 11.1 Å². The minimum Gasteiger partial charge on any atom is -0.506 e. The number of nitrogens with one attached hydrogen (secondary N) is 2. The van der Waals surface area contributed by atoms with E-state index in [1.807, 2.05) is 36.4 Å². The summed E-state index contributed by atoms with van der Waals surface area (Å²) in [4.78, 5) is 23.7. The lowest BCUT2D eigenvalue weighted by Crippen LogP contribution is -2.23. The van der Waals surface area contributed by atoms with Crippen molar-refractivity contribution >= 4 is 28.3 Å². The van der Waals surface area contributed by atoms with E-state index < -0.39 is 0 Å². The molecule has 0 radical (unpaired) electrons. The monoisotopic (exact) mass is 334 g/mol. The summed E-state index contributed by atoms with van der Waals surface area (Å²) in [5.41, 5.74) is 1.65. The zero-order valence-electron chi connectivity index (χ0n) is 13.7. The lowest BCUT2D eigenvalue weighted by atomic mass is 10.0. The van der Waals surface area contributed by atoms with E-state index in [-0.39, 0.29) is 29.7 Å². The molecule has 0 saturated carbocycles. The van der Waals surface area contributed by atoms with E-state index in [9.17, 15) is 14.7 Å². The van der Waals surface area contributed by atoms with Crippen LogP contribution in [-0.2, 0) is 11.3 Å². The highest BCUT2D eigenvalue weighted by Crippen LogP contribution is 2.28. The Morgan fingerprint density at radius 1 is 0.960 bits per heavy atom. The van der Waals surface area contributed by atoms with Crippen molar-refractivity contribution in [1.29, 1.82) is 0 Å². The molecular weight excluding hydrogens is 316 g/mol. The normalized spacial score (nSPS) is 10.4. The van der Waals surface area contributed by atoms with E-state index in [4.69, 9.17) is 0 Å². The first-order chi connectivity index (χ1) is 12.1. The fraction of sp³-hybridized carbons (Fsp3) is 0.100. The number of rotatable bonds is 4. The van der Waals surface area contributed by atoms with Crippen LogP contribution in [0.1, 0.15) is 22.8 Å². The van der Waals surface area contributed by atoms with Gasteiger partial charge in [0.25, 0.3) is 5.91 Å². The van der Waals surface area contributed by atoms with Crippen molar-refractivity contribution in [1.82, 2.24) is 5.32 Å². The number of anilines is 1. The topological polar surface area (TPSA) is 78.4 Å². The van der Waals surface area contributed by atoms with Crippen LogP contribution in [0.2, 0.25) is 0 Å². The molecule has 0 heterocycles. The molecule has 3 aromatic carbocycles. The fourth-order valence-electron chi connectivity index (χ4n) is 2.70. The van der Waals surface area contributed by atoms with Gasteiger partial charge in [-0.05, 0) is 23.1 Å². The molecular formula is C20H18N2O3. The summed E-state index contributed by atoms with van der Waals surface area (Å²) < 4.78 is 0. The second kappa shape index (κ2) is 7.05. The highest BCUT2D eigenvalue weighted by molar-refractivity contribution is 6.03. The van der Waals surface area contributed by atoms with Gasteiger partial charge in [0, 0.05) is 24.5 Å². The molecule has 126 valence electrons. The van der Waals surface area contributed by atoms with Crippen LogP contribution in [-0.4, -0.2) is 16.9 Å². The molecule has 0 atom stereocenters. The third kappa shape index (κ3) is 3.61. The summed E-state index contributed by atoms with van der Waals surface area (Å²) in [6.07, 6.45) is 0. The molecule has 3 N–H and O–H groups in total. The number of amides is 2. The second-order valence-electron chi connectivity index (χ2n) is 5.70. The van der Waals surface area contributed by atoms with E-state index in [2.05, 4.69) is 10.6 Å². The van der Waals surface area contributed by atoms with Crippen molar-refractivity contribution in [3.05, 3.63) is 71.8 Å². The first kappa shape index (κ1) is 16.5. The van der Waals surface area contributed by atoms with Crippen LogP contribution in [0.15, 0.2) is 60.7 Å². The molecule has 25 heavy (non-hydrogen) atoms. The van der Waals surface area contributed by atoms with Crippen molar-refractivity contribution in [3.8, 4) is 5.75 Å². The summed E-state index contributed by atoms with van der Waals surface area (Å²) in [5, 5.41) is 17.4. The first-order valence-electron chi connectivity index (χ1n) is 7.90. The third-order valence-corrected chi connectivity index (χ3v) is 3.91. The standard InChI is InChI=1S/C20H18N2O3/c1-13(23)22-18-9-5-3-7-15(18)12-21-20(25)17-11-10-14-6-2-4-8-16(14)19(17)24/h2-11,24H,12H2,1H3,(H,21,25)(H,22,23). The molecule has 0 spiro atoms. The van der Waals surface area contributed by atoms with Crippen molar-refractivity contribution < 1.29 is 14.7 Å². The minimum atomic E-state index is -0.374. The number of carbonyl (C=O) groups excluding carboxylic acids is 2. The van der Waals surface area contributed by atoms with Crippen molar-refractivity contribution in [2.24, 2.45) is 0 Å². The lowest BCUT2D eigenvalue weighted by Gasteiger charge is -2.12. The smallest absolute Gasteiger partial charge is 0.255 e. The lowest BCUT2D eigenvalue weighted by molar-refractivity contribution is -0.114. The molecule has 2 amide bonds. The van der Waals surface area contributed by atoms with Gasteiger partial charge in [0.2, 0.25) is 5.91 Å². The number of benzene rings is 3. The van der Waals surface area contributed by atoms with Crippen molar-refractivity contribution in [3.63, 3.8) is 0 Å². The predicted octanol–water partition coefficient (Wildman–Crippen LogP) is 3.43. The van der Waals surface area contributed by atoms with E-state index in [0.717, 1.165) is 10.9 Å². The van der Waals surface area contributed by atoms with Crippen LogP contribution < -0.4 is 10.6 Å². The fourth-order valence-corrected chi connectivity index (χ4v) is 2.70. The van der Waals surface area contributed by atoms with Crippen LogP contribution in [0.3, 0.4) is 0 Å². The number of carbonyl (C=O) groups is 2. The molecule has 0 aliphatic heterocycles. The minimum absolute atomic E-state index is 0.0363. The third-order valence-electron chi connectivity index (χ3n) is 3.91. The van der Waals surface area contributed by atoms with Gasteiger partial charge in [0.15, 0.2) is 0 Å². The zero-order valence-corrected chi connectivity index (χ0v) is 13.7. The van der Waals surface area contributed by atoms with E-state index >= 15 is 0 Å². The van der Waals surface area contributed by atoms with Crippen LogP contribution in [0, 0.1) is 0 Å². The van der Waals surface area contributed by atoms with Gasteiger partial charge >= 0.3 is 0 Å². The average Bonchev–Trinajstić information content (AvgIpc) is 2.61. The van der Waals surface area contributed by atoms with Crippen LogP contribution in [0.4, 0.5) is 5.69 Å². The Hall–Kier alpha value is -3.34. The molecule has 0 saturated heterocycles. The van der Waals surface area contributed by atoms with Gasteiger partial charge < -0.3 is 15.7 Å². The number of phenols is 1. The highest BCUT2D eigenvalue weighted by atomic mass is 16.3. The number of fused-ring (bicyclic) bond motifs is 1. The Morgan fingerprint density at radius 3 is 2.48 bits per heavy atom. The van der Waals surface area contributed by atoms with Gasteiger partial charge in [-0.2, -0.15) is 0 Å². The molecule has 5 nitrogen and oxygen atoms in total. The molecule has 5 heteroatoms. The number of para-hydroxylation sites is 1. The summed E-state index contributed by atoms with van der Waals surface area (Å²) in [6.45, 7) is 1.67. The SMILES string of the molecule is CC(=O)Nc1ccccc1CNC(=O)c1ccc2ccccc2c1O. The van der Waals surface area contributed by atoms with Crippen molar-refractivity contribution in [2.45, 2.75) is 13.5 Å². The number of hydrogen-bond acceptors (Lipinski definition) is 3. The summed E-state index contributed by atoms with van der Waals surface area (Å²) in [7, 11) is 0. The quantitative estimate of drug-likeness (QED) is 0.684.